The number of ketones is 1. The molecule has 0 aliphatic carbocycles. The number of nitrogens with zero attached hydrogens (tertiary/aromatic N) is 2. The first-order valence-corrected chi connectivity index (χ1v) is 7.86. The van der Waals surface area contributed by atoms with E-state index in [-0.39, 0.29) is 11.7 Å². The first kappa shape index (κ1) is 18.3. The van der Waals surface area contributed by atoms with Crippen LogP contribution in [0.5, 0.6) is 0 Å². The summed E-state index contributed by atoms with van der Waals surface area (Å²) in [6.45, 7) is 2.03. The predicted molar refractivity (Wildman–Crippen MR) is 84.9 cm³/mol. The molecular weight excluding hydrogens is 319 g/mol. The van der Waals surface area contributed by atoms with E-state index >= 15 is 0 Å². The van der Waals surface area contributed by atoms with Gasteiger partial charge in [-0.2, -0.15) is 18.4 Å². The van der Waals surface area contributed by atoms with Crippen molar-refractivity contribution in [1.82, 2.24) is 4.90 Å². The van der Waals surface area contributed by atoms with Crippen LogP contribution in [-0.2, 0) is 0 Å². The van der Waals surface area contributed by atoms with Crippen LogP contribution < -0.4 is 5.32 Å². The summed E-state index contributed by atoms with van der Waals surface area (Å²) in [7, 11) is 0. The number of rotatable bonds is 5. The van der Waals surface area contributed by atoms with Gasteiger partial charge in [-0.25, -0.2) is 0 Å². The van der Waals surface area contributed by atoms with E-state index in [2.05, 4.69) is 11.4 Å². The van der Waals surface area contributed by atoms with E-state index in [1.807, 2.05) is 0 Å². The van der Waals surface area contributed by atoms with Crippen molar-refractivity contribution < 1.29 is 18.0 Å². The highest BCUT2D eigenvalue weighted by Gasteiger charge is 2.32. The summed E-state index contributed by atoms with van der Waals surface area (Å²) in [6.07, 6.45) is -2.80. The largest absolute Gasteiger partial charge is 0.401 e. The summed E-state index contributed by atoms with van der Waals surface area (Å²) in [5, 5.41) is 12.3. The molecule has 1 aromatic rings. The lowest BCUT2D eigenvalue weighted by atomic mass is 9.96. The van der Waals surface area contributed by atoms with Gasteiger partial charge in [0.1, 0.15) is 6.07 Å². The van der Waals surface area contributed by atoms with E-state index in [0.29, 0.717) is 49.3 Å². The Kier molecular flexibility index (Phi) is 5.84. The van der Waals surface area contributed by atoms with Gasteiger partial charge < -0.3 is 5.32 Å². The van der Waals surface area contributed by atoms with Crippen LogP contribution in [0.1, 0.15) is 35.7 Å². The Hall–Kier alpha value is -2.07. The van der Waals surface area contributed by atoms with Crippen molar-refractivity contribution in [2.45, 2.75) is 25.9 Å². The molecule has 1 aromatic carbocycles. The minimum absolute atomic E-state index is 0.0806. The van der Waals surface area contributed by atoms with Crippen molar-refractivity contribution in [3.63, 3.8) is 0 Å². The quantitative estimate of drug-likeness (QED) is 0.835. The lowest BCUT2D eigenvalue weighted by molar-refractivity contribution is -0.148. The molecule has 0 bridgehead atoms. The third-order valence-corrected chi connectivity index (χ3v) is 4.24. The zero-order valence-corrected chi connectivity index (χ0v) is 13.5. The molecule has 0 saturated carbocycles. The molecule has 1 fully saturated rings. The molecule has 0 aromatic heterocycles. The van der Waals surface area contributed by atoms with Gasteiger partial charge >= 0.3 is 6.18 Å². The third-order valence-electron chi connectivity index (χ3n) is 4.24. The van der Waals surface area contributed by atoms with Gasteiger partial charge in [0.05, 0.1) is 17.8 Å². The normalized spacial score (nSPS) is 16.6. The Morgan fingerprint density at radius 3 is 2.58 bits per heavy atom. The van der Waals surface area contributed by atoms with Crippen LogP contribution in [0.15, 0.2) is 18.2 Å². The average molecular weight is 339 g/mol. The SMILES string of the molecule is CC(=O)c1ccc(C#N)c(NCC2CCN(CC(F)(F)F)CC2)c1. The van der Waals surface area contributed by atoms with Gasteiger partial charge in [0.25, 0.3) is 0 Å². The van der Waals surface area contributed by atoms with Gasteiger partial charge in [-0.15, -0.1) is 0 Å². The first-order valence-electron chi connectivity index (χ1n) is 7.86. The molecule has 1 heterocycles. The maximum Gasteiger partial charge on any atom is 0.401 e. The molecule has 130 valence electrons. The zero-order chi connectivity index (χ0) is 17.7. The van der Waals surface area contributed by atoms with Gasteiger partial charge in [0.2, 0.25) is 0 Å². The Morgan fingerprint density at radius 2 is 2.04 bits per heavy atom. The highest BCUT2D eigenvalue weighted by molar-refractivity contribution is 5.95. The molecule has 24 heavy (non-hydrogen) atoms. The topological polar surface area (TPSA) is 56.1 Å². The number of alkyl halides is 3. The average Bonchev–Trinajstić information content (AvgIpc) is 2.52. The van der Waals surface area contributed by atoms with Gasteiger partial charge in [0, 0.05) is 12.1 Å². The number of likely N-dealkylation sites (tertiary alicyclic amines) is 1. The van der Waals surface area contributed by atoms with Crippen molar-refractivity contribution in [2.24, 2.45) is 5.92 Å². The fourth-order valence-corrected chi connectivity index (χ4v) is 2.86. The van der Waals surface area contributed by atoms with E-state index in [4.69, 9.17) is 5.26 Å². The minimum atomic E-state index is -4.15. The number of benzene rings is 1. The second-order valence-corrected chi connectivity index (χ2v) is 6.14. The van der Waals surface area contributed by atoms with Crippen LogP contribution >= 0.6 is 0 Å². The molecule has 1 aliphatic heterocycles. The molecule has 7 heteroatoms. The summed E-state index contributed by atoms with van der Waals surface area (Å²) < 4.78 is 37.1. The van der Waals surface area contributed by atoms with E-state index in [9.17, 15) is 18.0 Å². The third kappa shape index (κ3) is 5.24. The fourth-order valence-electron chi connectivity index (χ4n) is 2.86. The number of hydrogen-bond acceptors (Lipinski definition) is 4. The number of halogens is 3. The molecule has 0 amide bonds. The van der Waals surface area contributed by atoms with Crippen LogP contribution in [0.2, 0.25) is 0 Å². The lowest BCUT2D eigenvalue weighted by Crippen LogP contribution is -2.41. The molecular formula is C17H20F3N3O. The molecule has 0 spiro atoms. The molecule has 1 N–H and O–H groups in total. The Morgan fingerprint density at radius 1 is 1.38 bits per heavy atom. The number of nitrogens with one attached hydrogen (secondary N) is 1. The Balaban J connectivity index is 1.90. The van der Waals surface area contributed by atoms with Gasteiger partial charge in [-0.05, 0) is 57.0 Å². The highest BCUT2D eigenvalue weighted by Crippen LogP contribution is 2.24. The second-order valence-electron chi connectivity index (χ2n) is 6.14. The number of hydrogen-bond donors (Lipinski definition) is 1. The molecule has 0 radical (unpaired) electrons. The number of carbonyl (C=O) groups excluding carboxylic acids is 1. The molecule has 0 unspecified atom stereocenters. The van der Waals surface area contributed by atoms with Gasteiger partial charge in [-0.3, -0.25) is 9.69 Å². The van der Waals surface area contributed by atoms with Crippen molar-refractivity contribution >= 4 is 11.5 Å². The number of carbonyl (C=O) groups is 1. The summed E-state index contributed by atoms with van der Waals surface area (Å²) in [6, 6.07) is 6.94. The molecule has 4 nitrogen and oxygen atoms in total. The number of Topliss-reactive ketones (excluding diaryl/α,β-unsaturated/α-hetero) is 1. The van der Waals surface area contributed by atoms with Crippen LogP contribution in [0.4, 0.5) is 18.9 Å². The highest BCUT2D eigenvalue weighted by atomic mass is 19.4. The maximum atomic E-state index is 12.4. The minimum Gasteiger partial charge on any atom is -0.384 e. The Labute approximate surface area is 139 Å². The van der Waals surface area contributed by atoms with Gasteiger partial charge in [-0.1, -0.05) is 0 Å². The van der Waals surface area contributed by atoms with Crippen molar-refractivity contribution in [2.75, 3.05) is 31.5 Å². The van der Waals surface area contributed by atoms with Crippen molar-refractivity contribution in [3.8, 4) is 6.07 Å². The summed E-state index contributed by atoms with van der Waals surface area (Å²) in [5.41, 5.74) is 1.58. The number of nitriles is 1. The Bertz CT molecular complexity index is 629. The lowest BCUT2D eigenvalue weighted by Gasteiger charge is -2.32. The molecule has 0 atom stereocenters. The van der Waals surface area contributed by atoms with E-state index < -0.39 is 12.7 Å². The fraction of sp³-hybridized carbons (Fsp3) is 0.529. The smallest absolute Gasteiger partial charge is 0.384 e. The predicted octanol–water partition coefficient (Wildman–Crippen LogP) is 3.45. The van der Waals surface area contributed by atoms with Crippen molar-refractivity contribution in [3.05, 3.63) is 29.3 Å². The summed E-state index contributed by atoms with van der Waals surface area (Å²) in [4.78, 5) is 12.9. The molecule has 2 rings (SSSR count). The standard InChI is InChI=1S/C17H20F3N3O/c1-12(24)14-2-3-15(9-21)16(8-14)22-10-13-4-6-23(7-5-13)11-17(18,19)20/h2-3,8,13,22H,4-7,10-11H2,1H3. The van der Waals surface area contributed by atoms with Crippen molar-refractivity contribution in [1.29, 1.82) is 5.26 Å². The van der Waals surface area contributed by atoms with E-state index in [1.165, 1.54) is 11.8 Å². The zero-order valence-electron chi connectivity index (χ0n) is 13.5. The summed E-state index contributed by atoms with van der Waals surface area (Å²) in [5.74, 6) is 0.171. The van der Waals surface area contributed by atoms with Crippen LogP contribution in [0, 0.1) is 17.2 Å². The van der Waals surface area contributed by atoms with E-state index in [1.54, 1.807) is 18.2 Å². The monoisotopic (exact) mass is 339 g/mol. The van der Waals surface area contributed by atoms with Gasteiger partial charge in [0.15, 0.2) is 5.78 Å². The number of piperidine rings is 1. The van der Waals surface area contributed by atoms with Crippen LogP contribution in [0.3, 0.4) is 0 Å². The second kappa shape index (κ2) is 7.67. The van der Waals surface area contributed by atoms with Crippen LogP contribution in [0.25, 0.3) is 0 Å². The van der Waals surface area contributed by atoms with E-state index in [0.717, 1.165) is 0 Å². The maximum absolute atomic E-state index is 12.4. The molecule has 1 aliphatic rings. The molecule has 1 saturated heterocycles. The summed E-state index contributed by atoms with van der Waals surface area (Å²) >= 11 is 0. The number of anilines is 1. The first-order chi connectivity index (χ1) is 11.3. The van der Waals surface area contributed by atoms with Crippen LogP contribution in [-0.4, -0.2) is 43.0 Å².